The van der Waals surface area contributed by atoms with Gasteiger partial charge in [0.2, 0.25) is 11.0 Å². The van der Waals surface area contributed by atoms with Crippen molar-refractivity contribution in [1.29, 1.82) is 0 Å². The van der Waals surface area contributed by atoms with Gasteiger partial charge in [0, 0.05) is 14.1 Å². The summed E-state index contributed by atoms with van der Waals surface area (Å²) in [6, 6.07) is 0. The molecule has 0 aliphatic heterocycles. The molecule has 15 heavy (non-hydrogen) atoms. The number of thioether (sulfide) groups is 1. The van der Waals surface area contributed by atoms with Crippen molar-refractivity contribution < 1.29 is 4.92 Å². The smallest absolute Gasteiger partial charge is 0.348 e. The summed E-state index contributed by atoms with van der Waals surface area (Å²) in [6.07, 6.45) is 1.77. The Morgan fingerprint density at radius 1 is 1.47 bits per heavy atom. The molecule has 82 valence electrons. The zero-order valence-corrected chi connectivity index (χ0v) is 9.96. The fourth-order valence-corrected chi connectivity index (χ4v) is 1.60. The van der Waals surface area contributed by atoms with Crippen LogP contribution in [0.5, 0.6) is 0 Å². The third-order valence-electron chi connectivity index (χ3n) is 1.59. The van der Waals surface area contributed by atoms with E-state index in [0.29, 0.717) is 5.16 Å². The largest absolute Gasteiger partial charge is 0.357 e. The maximum atomic E-state index is 10.8. The van der Waals surface area contributed by atoms with E-state index in [9.17, 15) is 10.1 Å². The molecule has 0 saturated carbocycles. The van der Waals surface area contributed by atoms with E-state index in [0.717, 1.165) is 0 Å². The summed E-state index contributed by atoms with van der Waals surface area (Å²) >= 11 is 7.00. The SMILES string of the molecule is CSc1nc(Cl)c([N+](=O)[O-])c(N(C)C)n1. The molecule has 0 unspecified atom stereocenters. The van der Waals surface area contributed by atoms with E-state index in [1.54, 1.807) is 20.4 Å². The Morgan fingerprint density at radius 3 is 2.47 bits per heavy atom. The number of anilines is 1. The van der Waals surface area contributed by atoms with Crippen LogP contribution in [0.15, 0.2) is 5.16 Å². The van der Waals surface area contributed by atoms with Crippen LogP contribution in [0.4, 0.5) is 11.5 Å². The molecule has 0 N–H and O–H groups in total. The summed E-state index contributed by atoms with van der Waals surface area (Å²) in [7, 11) is 3.32. The lowest BCUT2D eigenvalue weighted by molar-refractivity contribution is -0.384. The molecular formula is C7H9ClN4O2S. The Morgan fingerprint density at radius 2 is 2.07 bits per heavy atom. The van der Waals surface area contributed by atoms with E-state index in [2.05, 4.69) is 9.97 Å². The van der Waals surface area contributed by atoms with Gasteiger partial charge < -0.3 is 4.90 Å². The van der Waals surface area contributed by atoms with Gasteiger partial charge >= 0.3 is 5.69 Å². The summed E-state index contributed by atoms with van der Waals surface area (Å²) in [5, 5.41) is 11.0. The molecule has 6 nitrogen and oxygen atoms in total. The number of halogens is 1. The minimum atomic E-state index is -0.582. The lowest BCUT2D eigenvalue weighted by atomic mass is 10.4. The zero-order chi connectivity index (χ0) is 11.6. The average Bonchev–Trinajstić information content (AvgIpc) is 2.15. The second-order valence-corrected chi connectivity index (χ2v) is 3.96. The van der Waals surface area contributed by atoms with Crippen molar-refractivity contribution in [3.8, 4) is 0 Å². The van der Waals surface area contributed by atoms with Gasteiger partial charge in [-0.25, -0.2) is 4.98 Å². The van der Waals surface area contributed by atoms with Gasteiger partial charge in [-0.3, -0.25) is 10.1 Å². The number of nitrogens with zero attached hydrogens (tertiary/aromatic N) is 4. The number of hydrogen-bond donors (Lipinski definition) is 0. The third kappa shape index (κ3) is 2.48. The minimum Gasteiger partial charge on any atom is -0.357 e. The predicted molar refractivity (Wildman–Crippen MR) is 59.8 cm³/mol. The number of aromatic nitrogens is 2. The molecule has 0 bridgehead atoms. The highest BCUT2D eigenvalue weighted by atomic mass is 35.5. The van der Waals surface area contributed by atoms with Crippen molar-refractivity contribution in [2.24, 2.45) is 0 Å². The minimum absolute atomic E-state index is 0.136. The molecule has 8 heteroatoms. The van der Waals surface area contributed by atoms with Crippen molar-refractivity contribution in [1.82, 2.24) is 9.97 Å². The van der Waals surface area contributed by atoms with Crippen LogP contribution in [0, 0.1) is 10.1 Å². The summed E-state index contributed by atoms with van der Waals surface area (Å²) in [5.41, 5.74) is -0.264. The van der Waals surface area contributed by atoms with Gasteiger partial charge in [0.25, 0.3) is 0 Å². The van der Waals surface area contributed by atoms with E-state index < -0.39 is 4.92 Å². The van der Waals surface area contributed by atoms with Gasteiger partial charge in [-0.2, -0.15) is 4.98 Å². The van der Waals surface area contributed by atoms with E-state index in [1.807, 2.05) is 0 Å². The van der Waals surface area contributed by atoms with Gasteiger partial charge in [0.15, 0.2) is 5.16 Å². The monoisotopic (exact) mass is 248 g/mol. The molecule has 0 aliphatic rings. The van der Waals surface area contributed by atoms with Gasteiger partial charge in [-0.1, -0.05) is 23.4 Å². The highest BCUT2D eigenvalue weighted by Gasteiger charge is 2.24. The molecule has 0 spiro atoms. The first-order valence-corrected chi connectivity index (χ1v) is 5.51. The quantitative estimate of drug-likeness (QED) is 0.267. The maximum Gasteiger partial charge on any atom is 0.348 e. The first-order chi connectivity index (χ1) is 6.97. The molecule has 1 aromatic rings. The maximum absolute atomic E-state index is 10.8. The van der Waals surface area contributed by atoms with Crippen LogP contribution in [-0.2, 0) is 0 Å². The number of nitro groups is 1. The third-order valence-corrected chi connectivity index (χ3v) is 2.40. The second-order valence-electron chi connectivity index (χ2n) is 2.82. The lowest BCUT2D eigenvalue weighted by Gasteiger charge is -2.12. The van der Waals surface area contributed by atoms with Crippen molar-refractivity contribution in [3.63, 3.8) is 0 Å². The summed E-state index contributed by atoms with van der Waals surface area (Å²) in [5.74, 6) is 0.212. The molecule has 0 fully saturated rings. The molecule has 1 heterocycles. The highest BCUT2D eigenvalue weighted by Crippen LogP contribution is 2.32. The van der Waals surface area contributed by atoms with Gasteiger partial charge in [0.05, 0.1) is 4.92 Å². The van der Waals surface area contributed by atoms with Crippen LogP contribution in [0.3, 0.4) is 0 Å². The van der Waals surface area contributed by atoms with Gasteiger partial charge in [0.1, 0.15) is 0 Å². The zero-order valence-electron chi connectivity index (χ0n) is 8.39. The highest BCUT2D eigenvalue weighted by molar-refractivity contribution is 7.98. The molecule has 0 atom stereocenters. The Hall–Kier alpha value is -1.08. The molecule has 0 aromatic carbocycles. The molecular weight excluding hydrogens is 240 g/mol. The molecule has 1 aromatic heterocycles. The summed E-state index contributed by atoms with van der Waals surface area (Å²) in [4.78, 5) is 19.5. The predicted octanol–water partition coefficient (Wildman–Crippen LogP) is 1.83. The number of rotatable bonds is 3. The topological polar surface area (TPSA) is 72.2 Å². The Bertz CT molecular complexity index is 399. The summed E-state index contributed by atoms with van der Waals surface area (Å²) < 4.78 is 0. The molecule has 0 aliphatic carbocycles. The van der Waals surface area contributed by atoms with E-state index in [1.165, 1.54) is 16.7 Å². The van der Waals surface area contributed by atoms with Crippen molar-refractivity contribution >= 4 is 34.9 Å². The first-order valence-electron chi connectivity index (χ1n) is 3.90. The van der Waals surface area contributed by atoms with E-state index in [4.69, 9.17) is 11.6 Å². The van der Waals surface area contributed by atoms with Gasteiger partial charge in [-0.15, -0.1) is 0 Å². The molecule has 0 radical (unpaired) electrons. The van der Waals surface area contributed by atoms with Crippen molar-refractivity contribution in [2.75, 3.05) is 25.3 Å². The van der Waals surface area contributed by atoms with Crippen LogP contribution in [-0.4, -0.2) is 35.2 Å². The second kappa shape index (κ2) is 4.63. The van der Waals surface area contributed by atoms with E-state index >= 15 is 0 Å². The van der Waals surface area contributed by atoms with Gasteiger partial charge in [-0.05, 0) is 6.26 Å². The van der Waals surface area contributed by atoms with Crippen LogP contribution < -0.4 is 4.90 Å². The Labute approximate surface area is 95.8 Å². The normalized spacial score (nSPS) is 10.1. The van der Waals surface area contributed by atoms with Crippen LogP contribution in [0.1, 0.15) is 0 Å². The summed E-state index contributed by atoms with van der Waals surface area (Å²) in [6.45, 7) is 0. The Balaban J connectivity index is 3.42. The lowest BCUT2D eigenvalue weighted by Crippen LogP contribution is -2.14. The standard InChI is InChI=1S/C7H9ClN4O2S/c1-11(2)6-4(12(13)14)5(8)9-7(10-6)15-3/h1-3H3. The van der Waals surface area contributed by atoms with Crippen molar-refractivity contribution in [3.05, 3.63) is 15.3 Å². The average molecular weight is 249 g/mol. The fourth-order valence-electron chi connectivity index (χ4n) is 0.958. The fraction of sp³-hybridized carbons (Fsp3) is 0.429. The first kappa shape index (κ1) is 12.0. The van der Waals surface area contributed by atoms with Crippen LogP contribution in [0.2, 0.25) is 5.15 Å². The molecule has 0 amide bonds. The Kier molecular flexibility index (Phi) is 3.70. The molecule has 0 saturated heterocycles. The van der Waals surface area contributed by atoms with E-state index in [-0.39, 0.29) is 16.7 Å². The van der Waals surface area contributed by atoms with Crippen LogP contribution >= 0.6 is 23.4 Å². The van der Waals surface area contributed by atoms with Crippen molar-refractivity contribution in [2.45, 2.75) is 5.16 Å². The molecule has 1 rings (SSSR count). The van der Waals surface area contributed by atoms with Crippen LogP contribution in [0.25, 0.3) is 0 Å². The number of hydrogen-bond acceptors (Lipinski definition) is 6.